The fourth-order valence-electron chi connectivity index (χ4n) is 4.04. The predicted octanol–water partition coefficient (Wildman–Crippen LogP) is 4.81. The van der Waals surface area contributed by atoms with E-state index in [4.69, 9.17) is 9.98 Å². The summed E-state index contributed by atoms with van der Waals surface area (Å²) in [6.07, 6.45) is 6.46. The molecule has 1 aliphatic carbocycles. The summed E-state index contributed by atoms with van der Waals surface area (Å²) in [6, 6.07) is 10.4. The molecule has 4 nitrogen and oxygen atoms in total. The maximum atomic E-state index is 4.89. The first-order valence-electron chi connectivity index (χ1n) is 9.81. The molecule has 0 unspecified atom stereocenters. The van der Waals surface area contributed by atoms with Crippen molar-refractivity contribution in [3.8, 4) is 10.6 Å². The van der Waals surface area contributed by atoms with E-state index in [1.165, 1.54) is 37.8 Å². The van der Waals surface area contributed by atoms with Gasteiger partial charge in [-0.1, -0.05) is 36.8 Å². The molecule has 6 heteroatoms. The zero-order chi connectivity index (χ0) is 17.8. The number of rotatable bonds is 5. The summed E-state index contributed by atoms with van der Waals surface area (Å²) in [4.78, 5) is 12.1. The van der Waals surface area contributed by atoms with Crippen molar-refractivity contribution in [2.75, 3.05) is 26.2 Å². The molecule has 1 saturated carbocycles. The van der Waals surface area contributed by atoms with Gasteiger partial charge in [-0.25, -0.2) is 4.98 Å². The van der Waals surface area contributed by atoms with E-state index in [-0.39, 0.29) is 24.0 Å². The van der Waals surface area contributed by atoms with Gasteiger partial charge in [0.1, 0.15) is 5.01 Å². The van der Waals surface area contributed by atoms with Crippen LogP contribution in [0.3, 0.4) is 0 Å². The van der Waals surface area contributed by atoms with Gasteiger partial charge in [-0.3, -0.25) is 4.99 Å². The lowest BCUT2D eigenvalue weighted by molar-refractivity contribution is 0.151. The van der Waals surface area contributed by atoms with Crippen LogP contribution >= 0.6 is 35.3 Å². The SMILES string of the molecule is CCNC(=NCCc1csc(-c2ccccc2)n1)N1CCC2(CCC2)C1.I. The summed E-state index contributed by atoms with van der Waals surface area (Å²) in [6.45, 7) is 6.21. The standard InChI is InChI=1S/C21H28N4S.HI/c1-2-22-20(25-14-12-21(16-25)10-6-11-21)23-13-9-18-15-26-19(24-18)17-7-4-3-5-8-17;/h3-5,7-8,15H,2,6,9-14,16H2,1H3,(H,22,23);1H. The van der Waals surface area contributed by atoms with Gasteiger partial charge < -0.3 is 10.2 Å². The number of nitrogens with zero attached hydrogens (tertiary/aromatic N) is 3. The normalized spacial score (nSPS) is 18.3. The highest BCUT2D eigenvalue weighted by Crippen LogP contribution is 2.47. The molecule has 0 bridgehead atoms. The Morgan fingerprint density at radius 1 is 1.26 bits per heavy atom. The van der Waals surface area contributed by atoms with Crippen molar-refractivity contribution in [2.24, 2.45) is 10.4 Å². The molecule has 2 fully saturated rings. The summed E-state index contributed by atoms with van der Waals surface area (Å²) < 4.78 is 0. The van der Waals surface area contributed by atoms with Crippen LogP contribution in [0.25, 0.3) is 10.6 Å². The van der Waals surface area contributed by atoms with Gasteiger partial charge in [0, 0.05) is 43.5 Å². The highest BCUT2D eigenvalue weighted by atomic mass is 127. The molecule has 4 rings (SSSR count). The van der Waals surface area contributed by atoms with Crippen molar-refractivity contribution in [1.29, 1.82) is 0 Å². The number of halogens is 1. The number of benzene rings is 1. The summed E-state index contributed by atoms with van der Waals surface area (Å²) in [5.74, 6) is 1.09. The summed E-state index contributed by atoms with van der Waals surface area (Å²) in [5, 5.41) is 6.76. The van der Waals surface area contributed by atoms with Gasteiger partial charge in [0.2, 0.25) is 0 Å². The van der Waals surface area contributed by atoms with Gasteiger partial charge in [-0.05, 0) is 31.6 Å². The third-order valence-electron chi connectivity index (χ3n) is 5.69. The van der Waals surface area contributed by atoms with Crippen molar-refractivity contribution < 1.29 is 0 Å². The molecule has 27 heavy (non-hydrogen) atoms. The van der Waals surface area contributed by atoms with Crippen molar-refractivity contribution >= 4 is 41.3 Å². The van der Waals surface area contributed by atoms with Crippen molar-refractivity contribution in [2.45, 2.75) is 39.0 Å². The van der Waals surface area contributed by atoms with E-state index in [0.717, 1.165) is 42.7 Å². The molecule has 0 atom stereocenters. The molecular formula is C21H29IN4S. The van der Waals surface area contributed by atoms with E-state index >= 15 is 0 Å². The molecule has 1 aromatic carbocycles. The molecule has 2 aliphatic rings. The van der Waals surface area contributed by atoms with Crippen LogP contribution in [0.4, 0.5) is 0 Å². The molecule has 1 N–H and O–H groups in total. The second-order valence-corrected chi connectivity index (χ2v) is 8.38. The Hall–Kier alpha value is -1.15. The number of hydrogen-bond donors (Lipinski definition) is 1. The number of aliphatic imine (C=N–C) groups is 1. The number of guanidine groups is 1. The molecule has 146 valence electrons. The highest BCUT2D eigenvalue weighted by molar-refractivity contribution is 14.0. The Labute approximate surface area is 183 Å². The molecule has 2 heterocycles. The van der Waals surface area contributed by atoms with Crippen molar-refractivity contribution in [3.05, 3.63) is 41.4 Å². The quantitative estimate of drug-likeness (QED) is 0.367. The minimum atomic E-state index is 0. The minimum Gasteiger partial charge on any atom is -0.357 e. The number of likely N-dealkylation sites (tertiary alicyclic amines) is 1. The molecule has 0 radical (unpaired) electrons. The van der Waals surface area contributed by atoms with Crippen LogP contribution in [0.5, 0.6) is 0 Å². The highest BCUT2D eigenvalue weighted by Gasteiger charge is 2.43. The zero-order valence-corrected chi connectivity index (χ0v) is 19.1. The van der Waals surface area contributed by atoms with Gasteiger partial charge in [0.15, 0.2) is 5.96 Å². The Bertz CT molecular complexity index is 755. The topological polar surface area (TPSA) is 40.5 Å². The van der Waals surface area contributed by atoms with Gasteiger partial charge >= 0.3 is 0 Å². The van der Waals surface area contributed by atoms with Crippen LogP contribution in [0, 0.1) is 5.41 Å². The van der Waals surface area contributed by atoms with Crippen molar-refractivity contribution in [3.63, 3.8) is 0 Å². The Balaban J connectivity index is 0.00000210. The molecular weight excluding hydrogens is 467 g/mol. The second-order valence-electron chi connectivity index (χ2n) is 7.52. The van der Waals surface area contributed by atoms with Gasteiger partial charge in [0.05, 0.1) is 5.69 Å². The number of thiazole rings is 1. The van der Waals surface area contributed by atoms with E-state index in [1.54, 1.807) is 11.3 Å². The Morgan fingerprint density at radius 2 is 2.07 bits per heavy atom. The lowest BCUT2D eigenvalue weighted by Crippen LogP contribution is -2.42. The van der Waals surface area contributed by atoms with Crippen molar-refractivity contribution in [1.82, 2.24) is 15.2 Å². The van der Waals surface area contributed by atoms with Gasteiger partial charge in [0.25, 0.3) is 0 Å². The largest absolute Gasteiger partial charge is 0.357 e. The molecule has 0 amide bonds. The van der Waals surface area contributed by atoms with Crippen LogP contribution in [0.1, 0.15) is 38.3 Å². The fraction of sp³-hybridized carbons (Fsp3) is 0.524. The van der Waals surface area contributed by atoms with Gasteiger partial charge in [-0.2, -0.15) is 0 Å². The van der Waals surface area contributed by atoms with E-state index in [9.17, 15) is 0 Å². The Kier molecular flexibility index (Phi) is 7.14. The first-order chi connectivity index (χ1) is 12.8. The maximum Gasteiger partial charge on any atom is 0.193 e. The van der Waals surface area contributed by atoms with Gasteiger partial charge in [-0.15, -0.1) is 35.3 Å². The van der Waals surface area contributed by atoms with Crippen LogP contribution in [-0.4, -0.2) is 42.0 Å². The number of aromatic nitrogens is 1. The van der Waals surface area contributed by atoms with Crippen LogP contribution in [-0.2, 0) is 6.42 Å². The van der Waals surface area contributed by atoms with E-state index < -0.39 is 0 Å². The summed E-state index contributed by atoms with van der Waals surface area (Å²) in [7, 11) is 0. The van der Waals surface area contributed by atoms with Crippen LogP contribution in [0.15, 0.2) is 40.7 Å². The number of nitrogens with one attached hydrogen (secondary N) is 1. The molecule has 1 aliphatic heterocycles. The fourth-order valence-corrected chi connectivity index (χ4v) is 4.90. The van der Waals surface area contributed by atoms with E-state index in [0.29, 0.717) is 5.41 Å². The molecule has 2 aromatic rings. The summed E-state index contributed by atoms with van der Waals surface area (Å²) in [5.41, 5.74) is 2.95. The van der Waals surface area contributed by atoms with E-state index in [2.05, 4.69) is 46.8 Å². The lowest BCUT2D eigenvalue weighted by atomic mass is 9.68. The zero-order valence-electron chi connectivity index (χ0n) is 16.0. The number of hydrogen-bond acceptors (Lipinski definition) is 3. The third kappa shape index (κ3) is 4.83. The molecule has 1 saturated heterocycles. The Morgan fingerprint density at radius 3 is 2.74 bits per heavy atom. The first-order valence-corrected chi connectivity index (χ1v) is 10.7. The molecule has 1 aromatic heterocycles. The van der Waals surface area contributed by atoms with E-state index in [1.807, 2.05) is 6.07 Å². The first kappa shape index (κ1) is 20.6. The minimum absolute atomic E-state index is 0. The van der Waals surface area contributed by atoms with Crippen LogP contribution < -0.4 is 5.32 Å². The third-order valence-corrected chi connectivity index (χ3v) is 6.63. The average Bonchev–Trinajstić information content (AvgIpc) is 3.29. The summed E-state index contributed by atoms with van der Waals surface area (Å²) >= 11 is 1.72. The second kappa shape index (κ2) is 9.37. The monoisotopic (exact) mass is 496 g/mol. The maximum absolute atomic E-state index is 4.89. The lowest BCUT2D eigenvalue weighted by Gasteiger charge is -2.38. The smallest absolute Gasteiger partial charge is 0.193 e. The average molecular weight is 496 g/mol. The molecule has 1 spiro atoms. The van der Waals surface area contributed by atoms with Crippen LogP contribution in [0.2, 0.25) is 0 Å². The predicted molar refractivity (Wildman–Crippen MR) is 125 cm³/mol.